The molecular weight excluding hydrogens is 226 g/mol. The molecule has 0 fully saturated rings. The minimum atomic E-state index is -0.863. The summed E-state index contributed by atoms with van der Waals surface area (Å²) in [6.45, 7) is 1.94. The van der Waals surface area contributed by atoms with Crippen LogP contribution in [-0.4, -0.2) is 11.1 Å². The molecule has 0 aliphatic heterocycles. The summed E-state index contributed by atoms with van der Waals surface area (Å²) in [5.74, 6) is -0.806. The van der Waals surface area contributed by atoms with Crippen LogP contribution in [0.1, 0.15) is 36.5 Å². The summed E-state index contributed by atoms with van der Waals surface area (Å²) < 4.78 is 0. The first kappa shape index (κ1) is 12.4. The first-order valence-corrected chi connectivity index (χ1v) is 6.09. The molecule has 18 heavy (non-hydrogen) atoms. The van der Waals surface area contributed by atoms with Crippen molar-refractivity contribution in [1.29, 1.82) is 5.26 Å². The van der Waals surface area contributed by atoms with Gasteiger partial charge in [0.2, 0.25) is 0 Å². The van der Waals surface area contributed by atoms with Gasteiger partial charge in [0.15, 0.2) is 0 Å². The van der Waals surface area contributed by atoms with Crippen molar-refractivity contribution in [3.63, 3.8) is 0 Å². The number of nitriles is 1. The molecule has 1 atom stereocenters. The molecule has 1 unspecified atom stereocenters. The predicted octanol–water partition coefficient (Wildman–Crippen LogP) is 3.00. The summed E-state index contributed by atoms with van der Waals surface area (Å²) in [5.41, 5.74) is 3.01. The number of aryl methyl sites for hydroxylation is 1. The minimum Gasteiger partial charge on any atom is -0.478 e. The van der Waals surface area contributed by atoms with Crippen molar-refractivity contribution in [2.75, 3.05) is 0 Å². The van der Waals surface area contributed by atoms with E-state index in [1.807, 2.05) is 13.0 Å². The molecule has 0 radical (unpaired) electrons. The zero-order valence-electron chi connectivity index (χ0n) is 10.3. The van der Waals surface area contributed by atoms with E-state index in [0.29, 0.717) is 11.1 Å². The lowest BCUT2D eigenvalue weighted by Gasteiger charge is -2.17. The van der Waals surface area contributed by atoms with Gasteiger partial charge in [-0.2, -0.15) is 5.26 Å². The molecule has 1 aliphatic rings. The SMILES string of the molecule is CC1CCCc2ccc(C#N)cc2/C=C\1C(=O)O. The number of nitrogens with zero attached hydrogens (tertiary/aromatic N) is 1. The van der Waals surface area contributed by atoms with Gasteiger partial charge in [-0.3, -0.25) is 0 Å². The zero-order valence-corrected chi connectivity index (χ0v) is 10.3. The highest BCUT2D eigenvalue weighted by atomic mass is 16.4. The maximum absolute atomic E-state index is 11.3. The lowest BCUT2D eigenvalue weighted by atomic mass is 9.87. The summed E-state index contributed by atoms with van der Waals surface area (Å²) in [7, 11) is 0. The number of benzene rings is 1. The summed E-state index contributed by atoms with van der Waals surface area (Å²) in [6.07, 6.45) is 4.53. The Hall–Kier alpha value is -2.08. The molecule has 1 aromatic rings. The molecule has 1 N–H and O–H groups in total. The van der Waals surface area contributed by atoms with Crippen molar-refractivity contribution >= 4 is 12.0 Å². The van der Waals surface area contributed by atoms with Crippen LogP contribution < -0.4 is 0 Å². The van der Waals surface area contributed by atoms with Crippen LogP contribution in [0.3, 0.4) is 0 Å². The van der Waals surface area contributed by atoms with Crippen LogP contribution in [0.5, 0.6) is 0 Å². The Balaban J connectivity index is 2.55. The highest BCUT2D eigenvalue weighted by Crippen LogP contribution is 2.27. The molecule has 0 aromatic heterocycles. The molecule has 92 valence electrons. The summed E-state index contributed by atoms with van der Waals surface area (Å²) >= 11 is 0. The van der Waals surface area contributed by atoms with Gasteiger partial charge in [-0.15, -0.1) is 0 Å². The molecular formula is C15H15NO2. The summed E-state index contributed by atoms with van der Waals surface area (Å²) in [4.78, 5) is 11.3. The molecule has 0 spiro atoms. The molecule has 0 saturated heterocycles. The van der Waals surface area contributed by atoms with Crippen LogP contribution in [0, 0.1) is 17.2 Å². The molecule has 1 aliphatic carbocycles. The van der Waals surface area contributed by atoms with Crippen molar-refractivity contribution in [3.05, 3.63) is 40.5 Å². The third-order valence-electron chi connectivity index (χ3n) is 3.45. The molecule has 1 aromatic carbocycles. The van der Waals surface area contributed by atoms with Crippen LogP contribution in [0.4, 0.5) is 0 Å². The smallest absolute Gasteiger partial charge is 0.331 e. The molecule has 0 amide bonds. The van der Waals surface area contributed by atoms with E-state index in [1.54, 1.807) is 18.2 Å². The van der Waals surface area contributed by atoms with Crippen LogP contribution in [-0.2, 0) is 11.2 Å². The van der Waals surface area contributed by atoms with E-state index in [9.17, 15) is 9.90 Å². The molecule has 0 saturated carbocycles. The van der Waals surface area contributed by atoms with Gasteiger partial charge in [-0.25, -0.2) is 4.79 Å². The van der Waals surface area contributed by atoms with Gasteiger partial charge in [0.1, 0.15) is 0 Å². The Bertz CT molecular complexity index is 552. The second-order valence-corrected chi connectivity index (χ2v) is 4.72. The highest BCUT2D eigenvalue weighted by molar-refractivity contribution is 5.93. The van der Waals surface area contributed by atoms with Gasteiger partial charge in [0, 0.05) is 5.57 Å². The third-order valence-corrected chi connectivity index (χ3v) is 3.45. The zero-order chi connectivity index (χ0) is 13.1. The van der Waals surface area contributed by atoms with Crippen molar-refractivity contribution in [2.45, 2.75) is 26.2 Å². The Morgan fingerprint density at radius 3 is 2.94 bits per heavy atom. The van der Waals surface area contributed by atoms with Crippen LogP contribution in [0.15, 0.2) is 23.8 Å². The van der Waals surface area contributed by atoms with Crippen LogP contribution in [0.25, 0.3) is 6.08 Å². The van der Waals surface area contributed by atoms with Crippen molar-refractivity contribution < 1.29 is 9.90 Å². The third kappa shape index (κ3) is 2.43. The standard InChI is InChI=1S/C15H15NO2/c1-10-3-2-4-12-6-5-11(9-16)7-13(12)8-14(10)15(17)18/h5-8,10H,2-4H2,1H3,(H,17,18)/b14-8+. The summed E-state index contributed by atoms with van der Waals surface area (Å²) in [5, 5.41) is 18.1. The summed E-state index contributed by atoms with van der Waals surface area (Å²) in [6, 6.07) is 7.59. The van der Waals surface area contributed by atoms with E-state index in [0.717, 1.165) is 30.4 Å². The molecule has 3 nitrogen and oxygen atoms in total. The van der Waals surface area contributed by atoms with Gasteiger partial charge in [-0.05, 0) is 54.5 Å². The lowest BCUT2D eigenvalue weighted by molar-refractivity contribution is -0.133. The Morgan fingerprint density at radius 2 is 2.28 bits per heavy atom. The topological polar surface area (TPSA) is 61.1 Å². The number of carbonyl (C=O) groups is 1. The Morgan fingerprint density at radius 1 is 1.50 bits per heavy atom. The Labute approximate surface area is 106 Å². The number of hydrogen-bond acceptors (Lipinski definition) is 2. The second-order valence-electron chi connectivity index (χ2n) is 4.72. The lowest BCUT2D eigenvalue weighted by Crippen LogP contribution is -2.12. The van der Waals surface area contributed by atoms with Crippen LogP contribution in [0.2, 0.25) is 0 Å². The first-order valence-electron chi connectivity index (χ1n) is 6.09. The van der Waals surface area contributed by atoms with Gasteiger partial charge < -0.3 is 5.11 Å². The highest BCUT2D eigenvalue weighted by Gasteiger charge is 2.19. The quantitative estimate of drug-likeness (QED) is 0.822. The molecule has 0 heterocycles. The van der Waals surface area contributed by atoms with Crippen molar-refractivity contribution in [1.82, 2.24) is 0 Å². The van der Waals surface area contributed by atoms with Crippen LogP contribution >= 0.6 is 0 Å². The molecule has 3 heteroatoms. The normalized spacial score (nSPS) is 21.8. The van der Waals surface area contributed by atoms with Gasteiger partial charge in [-0.1, -0.05) is 13.0 Å². The van der Waals surface area contributed by atoms with E-state index >= 15 is 0 Å². The maximum atomic E-state index is 11.3. The van der Waals surface area contributed by atoms with E-state index in [4.69, 9.17) is 5.26 Å². The second kappa shape index (κ2) is 5.05. The molecule has 0 bridgehead atoms. The largest absolute Gasteiger partial charge is 0.478 e. The number of carboxylic acid groups (broad SMARTS) is 1. The fraction of sp³-hybridized carbons (Fsp3) is 0.333. The fourth-order valence-corrected chi connectivity index (χ4v) is 2.36. The maximum Gasteiger partial charge on any atom is 0.331 e. The Kier molecular flexibility index (Phi) is 3.47. The average molecular weight is 241 g/mol. The monoisotopic (exact) mass is 241 g/mol. The number of carboxylic acids is 1. The van der Waals surface area contributed by atoms with Gasteiger partial charge >= 0.3 is 5.97 Å². The van der Waals surface area contributed by atoms with E-state index in [2.05, 4.69) is 6.07 Å². The van der Waals surface area contributed by atoms with Gasteiger partial charge in [0.25, 0.3) is 0 Å². The average Bonchev–Trinajstić information content (AvgIpc) is 2.34. The number of hydrogen-bond donors (Lipinski definition) is 1. The fourth-order valence-electron chi connectivity index (χ4n) is 2.36. The molecule has 2 rings (SSSR count). The van der Waals surface area contributed by atoms with Gasteiger partial charge in [0.05, 0.1) is 11.6 Å². The van der Waals surface area contributed by atoms with E-state index in [1.165, 1.54) is 0 Å². The van der Waals surface area contributed by atoms with Crippen molar-refractivity contribution in [3.8, 4) is 6.07 Å². The number of aliphatic carboxylic acids is 1. The predicted molar refractivity (Wildman–Crippen MR) is 68.9 cm³/mol. The number of rotatable bonds is 1. The number of fused-ring (bicyclic) bond motifs is 1. The minimum absolute atomic E-state index is 0.0568. The van der Waals surface area contributed by atoms with Crippen molar-refractivity contribution in [2.24, 2.45) is 5.92 Å². The van der Waals surface area contributed by atoms with E-state index < -0.39 is 5.97 Å². The van der Waals surface area contributed by atoms with E-state index in [-0.39, 0.29) is 5.92 Å². The first-order chi connectivity index (χ1) is 8.61.